The molecule has 0 spiro atoms. The second-order valence-corrected chi connectivity index (χ2v) is 7.31. The first-order chi connectivity index (χ1) is 10.4. The summed E-state index contributed by atoms with van der Waals surface area (Å²) in [6.45, 7) is 1.50. The summed E-state index contributed by atoms with van der Waals surface area (Å²) in [5.74, 6) is -1.77. The van der Waals surface area contributed by atoms with Gasteiger partial charge in [0.25, 0.3) is 0 Å². The zero-order chi connectivity index (χ0) is 15.7. The van der Waals surface area contributed by atoms with Crippen LogP contribution in [0.4, 0.5) is 5.69 Å². The van der Waals surface area contributed by atoms with Crippen molar-refractivity contribution in [1.29, 1.82) is 0 Å². The highest BCUT2D eigenvalue weighted by atomic mass is 127. The summed E-state index contributed by atoms with van der Waals surface area (Å²) in [5.41, 5.74) is -1.29. The number of rotatable bonds is 2. The quantitative estimate of drug-likeness (QED) is 0.455. The number of halogens is 1. The highest BCUT2D eigenvalue weighted by Crippen LogP contribution is 2.57. The molecule has 2 saturated heterocycles. The largest absolute Gasteiger partial charge is 0.393 e. The van der Waals surface area contributed by atoms with Crippen LogP contribution in [0.1, 0.15) is 6.92 Å². The number of carbonyl (C=O) groups excluding carboxylic acids is 2. The van der Waals surface area contributed by atoms with Crippen LogP contribution in [0.5, 0.6) is 0 Å². The summed E-state index contributed by atoms with van der Waals surface area (Å²) in [4.78, 5) is 27.1. The number of hydrogen-bond donors (Lipinski definition) is 1. The average molecular weight is 411 g/mol. The van der Waals surface area contributed by atoms with Crippen molar-refractivity contribution in [3.05, 3.63) is 40.0 Å². The molecule has 0 radical (unpaired) electrons. The van der Waals surface area contributed by atoms with Crippen molar-refractivity contribution < 1.29 is 19.4 Å². The molecule has 4 rings (SSSR count). The maximum atomic E-state index is 12.9. The third-order valence-electron chi connectivity index (χ3n) is 4.90. The second kappa shape index (κ2) is 4.39. The zero-order valence-corrected chi connectivity index (χ0v) is 14.0. The number of carbonyl (C=O) groups is 2. The Hall–Kier alpha value is -1.25. The molecule has 0 aromatic heterocycles. The molecule has 1 aromatic carbocycles. The van der Waals surface area contributed by atoms with Crippen molar-refractivity contribution in [3.63, 3.8) is 0 Å². The minimum absolute atomic E-state index is 0.249. The molecule has 3 aliphatic heterocycles. The number of anilines is 1. The molecule has 0 aliphatic carbocycles. The van der Waals surface area contributed by atoms with Crippen LogP contribution in [0.2, 0.25) is 0 Å². The summed E-state index contributed by atoms with van der Waals surface area (Å²) >= 11 is 2.11. The molecule has 2 bridgehead atoms. The number of fused-ring (bicyclic) bond motifs is 5. The van der Waals surface area contributed by atoms with Crippen molar-refractivity contribution in [1.82, 2.24) is 0 Å². The van der Waals surface area contributed by atoms with E-state index in [0.717, 1.165) is 3.57 Å². The molecule has 3 heterocycles. The van der Waals surface area contributed by atoms with Crippen LogP contribution < -0.4 is 4.90 Å². The predicted octanol–water partition coefficient (Wildman–Crippen LogP) is 1.49. The molecule has 2 fully saturated rings. The first-order valence-corrected chi connectivity index (χ1v) is 8.15. The Morgan fingerprint density at radius 3 is 2.59 bits per heavy atom. The highest BCUT2D eigenvalue weighted by Gasteiger charge is 2.72. The van der Waals surface area contributed by atoms with Crippen LogP contribution in [-0.2, 0) is 14.3 Å². The Labute approximate surface area is 141 Å². The van der Waals surface area contributed by atoms with Crippen molar-refractivity contribution in [2.24, 2.45) is 11.8 Å². The summed E-state index contributed by atoms with van der Waals surface area (Å²) in [6, 6.07) is 7.29. The number of hydrogen-bond acceptors (Lipinski definition) is 4. The van der Waals surface area contributed by atoms with Crippen LogP contribution in [0.3, 0.4) is 0 Å². The summed E-state index contributed by atoms with van der Waals surface area (Å²) in [5, 5.41) is 9.76. The van der Waals surface area contributed by atoms with Crippen LogP contribution in [0, 0.1) is 15.4 Å². The standard InChI is InChI=1S/C16H14INO4/c1-15-6-7-16(8-19,22-15)12-11(15)13(20)18(14(12)21)10-5-3-2-4-9(10)17/h2-7,11-12,19H,8H2,1H3/t11-,12+,15-,16-/m0/s1. The lowest BCUT2D eigenvalue weighted by Gasteiger charge is -2.27. The monoisotopic (exact) mass is 411 g/mol. The van der Waals surface area contributed by atoms with Crippen molar-refractivity contribution in [2.45, 2.75) is 18.1 Å². The molecule has 22 heavy (non-hydrogen) atoms. The fourth-order valence-corrected chi connectivity index (χ4v) is 4.54. The van der Waals surface area contributed by atoms with Crippen LogP contribution in [0.25, 0.3) is 0 Å². The van der Waals surface area contributed by atoms with Crippen molar-refractivity contribution >= 4 is 40.1 Å². The molecule has 5 nitrogen and oxygen atoms in total. The fraction of sp³-hybridized carbons (Fsp3) is 0.375. The van der Waals surface area contributed by atoms with E-state index in [1.54, 1.807) is 31.2 Å². The van der Waals surface area contributed by atoms with E-state index in [2.05, 4.69) is 22.6 Å². The van der Waals surface area contributed by atoms with E-state index in [-0.39, 0.29) is 18.4 Å². The van der Waals surface area contributed by atoms with Gasteiger partial charge in [0.1, 0.15) is 5.60 Å². The van der Waals surface area contributed by atoms with Gasteiger partial charge in [-0.3, -0.25) is 9.59 Å². The van der Waals surface area contributed by atoms with Gasteiger partial charge in [0.05, 0.1) is 29.7 Å². The number of aliphatic hydroxyl groups excluding tert-OH is 1. The lowest BCUT2D eigenvalue weighted by atomic mass is 9.73. The third kappa shape index (κ3) is 1.55. The first-order valence-electron chi connectivity index (χ1n) is 7.07. The van der Waals surface area contributed by atoms with E-state index in [1.165, 1.54) is 4.90 Å². The van der Waals surface area contributed by atoms with Gasteiger partial charge >= 0.3 is 0 Å². The van der Waals surface area contributed by atoms with E-state index in [9.17, 15) is 14.7 Å². The molecule has 4 atom stereocenters. The lowest BCUT2D eigenvalue weighted by Crippen LogP contribution is -2.43. The Morgan fingerprint density at radius 2 is 1.91 bits per heavy atom. The molecule has 114 valence electrons. The van der Waals surface area contributed by atoms with Gasteiger partial charge in [0, 0.05) is 3.57 Å². The maximum absolute atomic E-state index is 12.9. The first kappa shape index (κ1) is 14.3. The number of nitrogens with zero attached hydrogens (tertiary/aromatic N) is 1. The molecular formula is C16H14INO4. The lowest BCUT2D eigenvalue weighted by molar-refractivity contribution is -0.131. The molecule has 3 aliphatic rings. The zero-order valence-electron chi connectivity index (χ0n) is 11.8. The Balaban J connectivity index is 1.84. The van der Waals surface area contributed by atoms with E-state index in [0.29, 0.717) is 5.69 Å². The van der Waals surface area contributed by atoms with Gasteiger partial charge in [-0.1, -0.05) is 24.3 Å². The number of benzene rings is 1. The Bertz CT molecular complexity index is 733. The van der Waals surface area contributed by atoms with E-state index in [1.807, 2.05) is 12.1 Å². The second-order valence-electron chi connectivity index (χ2n) is 6.15. The molecule has 1 aromatic rings. The van der Waals surface area contributed by atoms with Gasteiger partial charge in [-0.05, 0) is 41.6 Å². The molecule has 2 amide bonds. The van der Waals surface area contributed by atoms with Crippen LogP contribution in [-0.4, -0.2) is 34.7 Å². The fourth-order valence-electron chi connectivity index (χ4n) is 3.91. The Morgan fingerprint density at radius 1 is 1.23 bits per heavy atom. The van der Waals surface area contributed by atoms with Crippen molar-refractivity contribution in [3.8, 4) is 0 Å². The minimum Gasteiger partial charge on any atom is -0.393 e. The maximum Gasteiger partial charge on any atom is 0.241 e. The predicted molar refractivity (Wildman–Crippen MR) is 87.1 cm³/mol. The molecule has 0 unspecified atom stereocenters. The van der Waals surface area contributed by atoms with Gasteiger partial charge in [-0.2, -0.15) is 0 Å². The third-order valence-corrected chi connectivity index (χ3v) is 5.81. The Kier molecular flexibility index (Phi) is 2.87. The molecule has 0 saturated carbocycles. The van der Waals surface area contributed by atoms with Crippen molar-refractivity contribution in [2.75, 3.05) is 11.5 Å². The molecule has 6 heteroatoms. The van der Waals surface area contributed by atoms with E-state index in [4.69, 9.17) is 4.74 Å². The average Bonchev–Trinajstić information content (AvgIpc) is 3.07. The SMILES string of the molecule is C[C@@]12C=C[C@@](CO)(O1)[C@H]1C(=O)N(c3ccccc3I)C(=O)[C@H]12. The number of aliphatic hydroxyl groups is 1. The topological polar surface area (TPSA) is 66.8 Å². The molecule has 1 N–H and O–H groups in total. The van der Waals surface area contributed by atoms with Gasteiger partial charge in [0.15, 0.2) is 0 Å². The smallest absolute Gasteiger partial charge is 0.241 e. The van der Waals surface area contributed by atoms with Gasteiger partial charge < -0.3 is 9.84 Å². The van der Waals surface area contributed by atoms with Gasteiger partial charge in [0.2, 0.25) is 11.8 Å². The highest BCUT2D eigenvalue weighted by molar-refractivity contribution is 14.1. The summed E-state index contributed by atoms with van der Waals surface area (Å²) < 4.78 is 6.73. The number of imide groups is 1. The molecular weight excluding hydrogens is 397 g/mol. The number of amides is 2. The van der Waals surface area contributed by atoms with Crippen LogP contribution >= 0.6 is 22.6 Å². The number of ether oxygens (including phenoxy) is 1. The van der Waals surface area contributed by atoms with Gasteiger partial charge in [-0.15, -0.1) is 0 Å². The number of para-hydroxylation sites is 1. The summed E-state index contributed by atoms with van der Waals surface area (Å²) in [7, 11) is 0. The summed E-state index contributed by atoms with van der Waals surface area (Å²) in [6.07, 6.45) is 3.54. The van der Waals surface area contributed by atoms with E-state index >= 15 is 0 Å². The van der Waals surface area contributed by atoms with Crippen LogP contribution in [0.15, 0.2) is 36.4 Å². The normalized spacial score (nSPS) is 39.0. The minimum atomic E-state index is -1.07. The van der Waals surface area contributed by atoms with Gasteiger partial charge in [-0.25, -0.2) is 4.90 Å². The van der Waals surface area contributed by atoms with E-state index < -0.39 is 23.0 Å².